The van der Waals surface area contributed by atoms with Crippen LogP contribution in [0.4, 0.5) is 0 Å². The van der Waals surface area contributed by atoms with Crippen LogP contribution in [-0.4, -0.2) is 45.9 Å². The Balaban J connectivity index is 1.46. The third kappa shape index (κ3) is 2.82. The maximum Gasteiger partial charge on any atom is 0.226 e. The molecule has 1 N–H and O–H groups in total. The van der Waals surface area contributed by atoms with Crippen LogP contribution in [0.3, 0.4) is 0 Å². The highest BCUT2D eigenvalue weighted by Crippen LogP contribution is 2.28. The summed E-state index contributed by atoms with van der Waals surface area (Å²) in [6, 6.07) is 8.24. The largest absolute Gasteiger partial charge is 0.370 e. The first-order valence-electron chi connectivity index (χ1n) is 8.57. The fourth-order valence-electron chi connectivity index (χ4n) is 3.74. The lowest BCUT2D eigenvalue weighted by atomic mass is 9.88. The van der Waals surface area contributed by atoms with E-state index in [-0.39, 0.29) is 17.9 Å². The number of amides is 1. The third-order valence-corrected chi connectivity index (χ3v) is 5.14. The van der Waals surface area contributed by atoms with Crippen molar-refractivity contribution < 1.29 is 9.53 Å². The quantitative estimate of drug-likeness (QED) is 0.914. The van der Waals surface area contributed by atoms with Crippen LogP contribution in [0.2, 0.25) is 0 Å². The van der Waals surface area contributed by atoms with Crippen molar-refractivity contribution in [3.05, 3.63) is 46.8 Å². The van der Waals surface area contributed by atoms with E-state index in [0.717, 1.165) is 24.2 Å². The smallest absolute Gasteiger partial charge is 0.226 e. The van der Waals surface area contributed by atoms with E-state index in [1.54, 1.807) is 0 Å². The molecule has 6 heteroatoms. The third-order valence-electron chi connectivity index (χ3n) is 5.14. The SMILES string of the molecule is Cc1ccccc1[C@H]1CN(C(=O)[C@H]2CCc3n[nH]nc3C2)CCO1. The zero-order valence-electron chi connectivity index (χ0n) is 13.9. The van der Waals surface area contributed by atoms with E-state index in [4.69, 9.17) is 4.74 Å². The fourth-order valence-corrected chi connectivity index (χ4v) is 3.74. The Morgan fingerprint density at radius 2 is 2.12 bits per heavy atom. The molecule has 0 spiro atoms. The van der Waals surface area contributed by atoms with Gasteiger partial charge in [-0.3, -0.25) is 4.79 Å². The number of hydrogen-bond donors (Lipinski definition) is 1. The van der Waals surface area contributed by atoms with Crippen LogP contribution in [0.5, 0.6) is 0 Å². The Labute approximate surface area is 141 Å². The number of morpholine rings is 1. The molecule has 126 valence electrons. The second-order valence-electron chi connectivity index (χ2n) is 6.66. The number of nitrogens with zero attached hydrogens (tertiary/aromatic N) is 3. The Morgan fingerprint density at radius 1 is 1.29 bits per heavy atom. The summed E-state index contributed by atoms with van der Waals surface area (Å²) < 4.78 is 5.94. The number of carbonyl (C=O) groups is 1. The molecule has 1 aromatic carbocycles. The molecule has 2 aromatic rings. The number of fused-ring (bicyclic) bond motifs is 1. The molecule has 1 aliphatic carbocycles. The maximum absolute atomic E-state index is 13.0. The molecule has 0 bridgehead atoms. The highest BCUT2D eigenvalue weighted by atomic mass is 16.5. The van der Waals surface area contributed by atoms with Crippen molar-refractivity contribution >= 4 is 5.91 Å². The zero-order valence-corrected chi connectivity index (χ0v) is 13.9. The van der Waals surface area contributed by atoms with Crippen molar-refractivity contribution in [3.63, 3.8) is 0 Å². The molecule has 24 heavy (non-hydrogen) atoms. The predicted octanol–water partition coefficient (Wildman–Crippen LogP) is 1.82. The Bertz CT molecular complexity index is 742. The molecular weight excluding hydrogens is 304 g/mol. The van der Waals surface area contributed by atoms with E-state index >= 15 is 0 Å². The molecule has 2 atom stereocenters. The van der Waals surface area contributed by atoms with Gasteiger partial charge in [-0.15, -0.1) is 0 Å². The van der Waals surface area contributed by atoms with Crippen molar-refractivity contribution in [2.75, 3.05) is 19.7 Å². The number of nitrogens with one attached hydrogen (secondary N) is 1. The minimum absolute atomic E-state index is 0.0122. The van der Waals surface area contributed by atoms with Gasteiger partial charge in [-0.2, -0.15) is 15.4 Å². The van der Waals surface area contributed by atoms with Crippen LogP contribution < -0.4 is 0 Å². The molecule has 2 heterocycles. The topological polar surface area (TPSA) is 71.1 Å². The maximum atomic E-state index is 13.0. The van der Waals surface area contributed by atoms with E-state index in [9.17, 15) is 4.79 Å². The average molecular weight is 326 g/mol. The molecular formula is C18H22N4O2. The van der Waals surface area contributed by atoms with Gasteiger partial charge in [0, 0.05) is 18.9 Å². The van der Waals surface area contributed by atoms with E-state index in [1.807, 2.05) is 17.0 Å². The number of aromatic nitrogens is 3. The summed E-state index contributed by atoms with van der Waals surface area (Å²) in [6.45, 7) is 3.98. The van der Waals surface area contributed by atoms with Crippen LogP contribution in [-0.2, 0) is 22.4 Å². The summed E-state index contributed by atoms with van der Waals surface area (Å²) in [5.74, 6) is 0.240. The number of rotatable bonds is 2. The monoisotopic (exact) mass is 326 g/mol. The van der Waals surface area contributed by atoms with Gasteiger partial charge >= 0.3 is 0 Å². The number of hydrogen-bond acceptors (Lipinski definition) is 4. The van der Waals surface area contributed by atoms with Gasteiger partial charge in [0.1, 0.15) is 6.10 Å². The molecule has 6 nitrogen and oxygen atoms in total. The lowest BCUT2D eigenvalue weighted by molar-refractivity contribution is -0.143. The summed E-state index contributed by atoms with van der Waals surface area (Å²) in [5, 5.41) is 11.0. The van der Waals surface area contributed by atoms with Gasteiger partial charge in [0.25, 0.3) is 0 Å². The molecule has 1 saturated heterocycles. The first-order valence-corrected chi connectivity index (χ1v) is 8.57. The van der Waals surface area contributed by atoms with Crippen molar-refractivity contribution in [2.45, 2.75) is 32.3 Å². The number of carbonyl (C=O) groups excluding carboxylic acids is 1. The number of H-pyrrole nitrogens is 1. The van der Waals surface area contributed by atoms with Gasteiger partial charge in [0.2, 0.25) is 5.91 Å². The van der Waals surface area contributed by atoms with E-state index in [2.05, 4.69) is 34.5 Å². The summed E-state index contributed by atoms with van der Waals surface area (Å²) in [4.78, 5) is 14.9. The second-order valence-corrected chi connectivity index (χ2v) is 6.66. The zero-order chi connectivity index (χ0) is 16.5. The van der Waals surface area contributed by atoms with Crippen LogP contribution in [0.1, 0.15) is 35.0 Å². The Morgan fingerprint density at radius 3 is 3.00 bits per heavy atom. The molecule has 0 saturated carbocycles. The van der Waals surface area contributed by atoms with E-state index in [1.165, 1.54) is 11.1 Å². The minimum Gasteiger partial charge on any atom is -0.370 e. The lowest BCUT2D eigenvalue weighted by Gasteiger charge is -2.36. The molecule has 1 amide bonds. The standard InChI is InChI=1S/C18H22N4O2/c1-12-4-2-3-5-14(12)17-11-22(8-9-24-17)18(23)13-6-7-15-16(10-13)20-21-19-15/h2-5,13,17H,6-11H2,1H3,(H,19,20,21)/t13-,17+/m0/s1. The van der Waals surface area contributed by atoms with Crippen molar-refractivity contribution in [3.8, 4) is 0 Å². The van der Waals surface area contributed by atoms with Crippen LogP contribution in [0.25, 0.3) is 0 Å². The van der Waals surface area contributed by atoms with Gasteiger partial charge < -0.3 is 9.64 Å². The van der Waals surface area contributed by atoms with Gasteiger partial charge in [0.05, 0.1) is 24.5 Å². The van der Waals surface area contributed by atoms with Crippen molar-refractivity contribution in [1.29, 1.82) is 0 Å². The molecule has 0 radical (unpaired) electrons. The van der Waals surface area contributed by atoms with Gasteiger partial charge in [-0.25, -0.2) is 0 Å². The molecule has 4 rings (SSSR count). The van der Waals surface area contributed by atoms with Gasteiger partial charge in [-0.05, 0) is 30.9 Å². The fraction of sp³-hybridized carbons (Fsp3) is 0.500. The number of benzene rings is 1. The number of ether oxygens (including phenoxy) is 1. The summed E-state index contributed by atoms with van der Waals surface area (Å²) in [5.41, 5.74) is 4.35. The molecule has 1 aromatic heterocycles. The molecule has 1 aliphatic heterocycles. The average Bonchev–Trinajstić information content (AvgIpc) is 3.09. The van der Waals surface area contributed by atoms with E-state index in [0.29, 0.717) is 26.1 Å². The van der Waals surface area contributed by atoms with Crippen LogP contribution >= 0.6 is 0 Å². The van der Waals surface area contributed by atoms with Gasteiger partial charge in [0.15, 0.2) is 0 Å². The molecule has 1 fully saturated rings. The van der Waals surface area contributed by atoms with E-state index < -0.39 is 0 Å². The predicted molar refractivity (Wildman–Crippen MR) is 88.3 cm³/mol. The van der Waals surface area contributed by atoms with Crippen LogP contribution in [0.15, 0.2) is 24.3 Å². The minimum atomic E-state index is -0.0323. The second kappa shape index (κ2) is 6.36. The van der Waals surface area contributed by atoms with Crippen molar-refractivity contribution in [2.24, 2.45) is 5.92 Å². The molecule has 0 unspecified atom stereocenters. The van der Waals surface area contributed by atoms with Gasteiger partial charge in [-0.1, -0.05) is 24.3 Å². The molecule has 2 aliphatic rings. The number of aromatic amines is 1. The summed E-state index contributed by atoms with van der Waals surface area (Å²) >= 11 is 0. The lowest BCUT2D eigenvalue weighted by Crippen LogP contribution is -2.46. The first-order chi connectivity index (χ1) is 11.7. The highest BCUT2D eigenvalue weighted by Gasteiger charge is 2.33. The number of aryl methyl sites for hydroxylation is 2. The summed E-state index contributed by atoms with van der Waals surface area (Å²) in [7, 11) is 0. The summed E-state index contributed by atoms with van der Waals surface area (Å²) in [6.07, 6.45) is 2.34. The van der Waals surface area contributed by atoms with Crippen molar-refractivity contribution in [1.82, 2.24) is 20.3 Å². The van der Waals surface area contributed by atoms with Crippen LogP contribution in [0, 0.1) is 12.8 Å². The Kier molecular flexibility index (Phi) is 4.06. The highest BCUT2D eigenvalue weighted by molar-refractivity contribution is 5.79. The first kappa shape index (κ1) is 15.3. The normalized spacial score (nSPS) is 23.8. The Hall–Kier alpha value is -2.21.